The molecule has 0 aliphatic carbocycles. The van der Waals surface area contributed by atoms with Crippen molar-refractivity contribution in [1.29, 1.82) is 0 Å². The minimum atomic E-state index is -1.18. The second kappa shape index (κ2) is 5.59. The molecule has 0 spiro atoms. The highest BCUT2D eigenvalue weighted by molar-refractivity contribution is 5.94. The van der Waals surface area contributed by atoms with Crippen molar-refractivity contribution in [2.24, 2.45) is 0 Å². The molecule has 0 aliphatic rings. The van der Waals surface area contributed by atoms with Crippen molar-refractivity contribution >= 4 is 23.6 Å². The van der Waals surface area contributed by atoms with E-state index in [0.29, 0.717) is 0 Å². The van der Waals surface area contributed by atoms with E-state index < -0.39 is 11.9 Å². The van der Waals surface area contributed by atoms with E-state index in [-0.39, 0.29) is 24.0 Å². The molecule has 0 radical (unpaired) electrons. The summed E-state index contributed by atoms with van der Waals surface area (Å²) in [4.78, 5) is 36.2. The number of hydrogen-bond acceptors (Lipinski definition) is 4. The molecular formula is C10H11N3O4. The molecule has 0 aromatic carbocycles. The first-order valence-corrected chi connectivity index (χ1v) is 4.73. The highest BCUT2D eigenvalue weighted by Crippen LogP contribution is 2.04. The van der Waals surface area contributed by atoms with Crippen molar-refractivity contribution in [3.8, 4) is 0 Å². The highest BCUT2D eigenvalue weighted by Gasteiger charge is 2.07. The second-order valence-electron chi connectivity index (χ2n) is 3.17. The zero-order chi connectivity index (χ0) is 12.8. The molecule has 1 heterocycles. The maximum Gasteiger partial charge on any atom is 0.354 e. The van der Waals surface area contributed by atoms with E-state index in [1.165, 1.54) is 25.1 Å². The number of carbonyl (C=O) groups is 3. The molecule has 0 saturated heterocycles. The molecule has 1 aromatic heterocycles. The summed E-state index contributed by atoms with van der Waals surface area (Å²) in [5.41, 5.74) is -0.165. The van der Waals surface area contributed by atoms with E-state index in [9.17, 15) is 14.4 Å². The van der Waals surface area contributed by atoms with Crippen molar-refractivity contribution in [3.05, 3.63) is 23.9 Å². The Morgan fingerprint density at radius 2 is 2.06 bits per heavy atom. The average Bonchev–Trinajstić information content (AvgIpc) is 2.26. The van der Waals surface area contributed by atoms with Crippen LogP contribution in [0.5, 0.6) is 0 Å². The zero-order valence-corrected chi connectivity index (χ0v) is 9.06. The number of rotatable bonds is 4. The summed E-state index contributed by atoms with van der Waals surface area (Å²) in [7, 11) is 0. The van der Waals surface area contributed by atoms with Gasteiger partial charge in [0, 0.05) is 6.92 Å². The standard InChI is InChI=1S/C10H11N3O4/c1-6(14)11-5-9(15)13-8-4-2-3-7(12-8)10(16)17/h2-4H,5H2,1H3,(H,11,14)(H,16,17)(H,12,13,15). The van der Waals surface area contributed by atoms with E-state index >= 15 is 0 Å². The second-order valence-corrected chi connectivity index (χ2v) is 3.17. The fourth-order valence-corrected chi connectivity index (χ4v) is 1.02. The van der Waals surface area contributed by atoms with Gasteiger partial charge in [0.1, 0.15) is 5.82 Å². The normalized spacial score (nSPS) is 9.47. The van der Waals surface area contributed by atoms with Gasteiger partial charge in [-0.05, 0) is 12.1 Å². The zero-order valence-electron chi connectivity index (χ0n) is 9.06. The lowest BCUT2D eigenvalue weighted by Gasteiger charge is -2.05. The summed E-state index contributed by atoms with van der Waals surface area (Å²) in [5, 5.41) is 13.4. The summed E-state index contributed by atoms with van der Waals surface area (Å²) < 4.78 is 0. The van der Waals surface area contributed by atoms with E-state index in [2.05, 4.69) is 15.6 Å². The molecule has 1 rings (SSSR count). The van der Waals surface area contributed by atoms with Crippen LogP contribution in [0, 0.1) is 0 Å². The van der Waals surface area contributed by atoms with Gasteiger partial charge in [-0.25, -0.2) is 9.78 Å². The van der Waals surface area contributed by atoms with Gasteiger partial charge in [-0.3, -0.25) is 9.59 Å². The van der Waals surface area contributed by atoms with Gasteiger partial charge in [-0.15, -0.1) is 0 Å². The predicted octanol–water partition coefficient (Wildman–Crippen LogP) is -0.146. The van der Waals surface area contributed by atoms with Crippen LogP contribution in [0.2, 0.25) is 0 Å². The van der Waals surface area contributed by atoms with Gasteiger partial charge in [-0.1, -0.05) is 6.07 Å². The van der Waals surface area contributed by atoms with Gasteiger partial charge in [0.05, 0.1) is 6.54 Å². The first-order valence-electron chi connectivity index (χ1n) is 4.73. The summed E-state index contributed by atoms with van der Waals surface area (Å²) in [6.45, 7) is 1.10. The largest absolute Gasteiger partial charge is 0.477 e. The van der Waals surface area contributed by atoms with Gasteiger partial charge in [0.15, 0.2) is 5.69 Å². The topological polar surface area (TPSA) is 108 Å². The van der Waals surface area contributed by atoms with Crippen LogP contribution in [-0.4, -0.2) is 34.4 Å². The van der Waals surface area contributed by atoms with Gasteiger partial charge in [0.25, 0.3) is 0 Å². The third-order valence-corrected chi connectivity index (χ3v) is 1.73. The number of nitrogens with zero attached hydrogens (tertiary/aromatic N) is 1. The Morgan fingerprint density at radius 3 is 2.65 bits per heavy atom. The van der Waals surface area contributed by atoms with E-state index in [0.717, 1.165) is 0 Å². The Bertz CT molecular complexity index is 459. The third-order valence-electron chi connectivity index (χ3n) is 1.73. The molecule has 7 heteroatoms. The van der Waals surface area contributed by atoms with Crippen molar-refractivity contribution in [2.45, 2.75) is 6.92 Å². The van der Waals surface area contributed by atoms with Crippen LogP contribution in [-0.2, 0) is 9.59 Å². The first-order chi connectivity index (χ1) is 7.99. The minimum absolute atomic E-state index is 0.125. The van der Waals surface area contributed by atoms with E-state index in [4.69, 9.17) is 5.11 Å². The van der Waals surface area contributed by atoms with Crippen LogP contribution in [0.4, 0.5) is 5.82 Å². The van der Waals surface area contributed by atoms with Crippen molar-refractivity contribution in [3.63, 3.8) is 0 Å². The maximum absolute atomic E-state index is 11.3. The predicted molar refractivity (Wildman–Crippen MR) is 58.5 cm³/mol. The summed E-state index contributed by atoms with van der Waals surface area (Å²) >= 11 is 0. The van der Waals surface area contributed by atoms with Gasteiger partial charge < -0.3 is 15.7 Å². The molecule has 2 amide bonds. The van der Waals surface area contributed by atoms with Gasteiger partial charge in [-0.2, -0.15) is 0 Å². The lowest BCUT2D eigenvalue weighted by Crippen LogP contribution is -2.31. The first kappa shape index (κ1) is 12.6. The number of anilines is 1. The number of aromatic nitrogens is 1. The van der Waals surface area contributed by atoms with Crippen LogP contribution >= 0.6 is 0 Å². The van der Waals surface area contributed by atoms with Crippen LogP contribution in [0.1, 0.15) is 17.4 Å². The molecule has 17 heavy (non-hydrogen) atoms. The average molecular weight is 237 g/mol. The molecule has 7 nitrogen and oxygen atoms in total. The van der Waals surface area contributed by atoms with Crippen LogP contribution in [0.15, 0.2) is 18.2 Å². The highest BCUT2D eigenvalue weighted by atomic mass is 16.4. The monoisotopic (exact) mass is 237 g/mol. The number of nitrogens with one attached hydrogen (secondary N) is 2. The maximum atomic E-state index is 11.3. The number of carboxylic acid groups (broad SMARTS) is 1. The summed E-state index contributed by atoms with van der Waals surface area (Å²) in [6.07, 6.45) is 0. The summed E-state index contributed by atoms with van der Waals surface area (Å²) in [5.74, 6) is -1.86. The van der Waals surface area contributed by atoms with E-state index in [1.807, 2.05) is 0 Å². The molecule has 0 aliphatic heterocycles. The molecule has 0 unspecified atom stereocenters. The number of hydrogen-bond donors (Lipinski definition) is 3. The van der Waals surface area contributed by atoms with E-state index in [1.54, 1.807) is 0 Å². The minimum Gasteiger partial charge on any atom is -0.477 e. The van der Waals surface area contributed by atoms with Crippen LogP contribution < -0.4 is 10.6 Å². The Hall–Kier alpha value is -2.44. The third kappa shape index (κ3) is 4.29. The Kier molecular flexibility index (Phi) is 4.15. The summed E-state index contributed by atoms with van der Waals surface area (Å²) in [6, 6.07) is 4.23. The number of aromatic carboxylic acids is 1. The Labute approximate surface area is 96.9 Å². The lowest BCUT2D eigenvalue weighted by molar-refractivity contribution is -0.122. The molecule has 0 bridgehead atoms. The molecule has 0 fully saturated rings. The quantitative estimate of drug-likeness (QED) is 0.675. The number of pyridine rings is 1. The molecule has 1 aromatic rings. The van der Waals surface area contributed by atoms with Crippen molar-refractivity contribution in [1.82, 2.24) is 10.3 Å². The number of carbonyl (C=O) groups excluding carboxylic acids is 2. The molecule has 0 atom stereocenters. The smallest absolute Gasteiger partial charge is 0.354 e. The van der Waals surface area contributed by atoms with Crippen molar-refractivity contribution < 1.29 is 19.5 Å². The molecule has 3 N–H and O–H groups in total. The number of amides is 2. The fourth-order valence-electron chi connectivity index (χ4n) is 1.02. The number of carboxylic acids is 1. The van der Waals surface area contributed by atoms with Crippen LogP contribution in [0.25, 0.3) is 0 Å². The fraction of sp³-hybridized carbons (Fsp3) is 0.200. The Balaban J connectivity index is 2.62. The Morgan fingerprint density at radius 1 is 1.35 bits per heavy atom. The van der Waals surface area contributed by atoms with Gasteiger partial charge in [0.2, 0.25) is 11.8 Å². The van der Waals surface area contributed by atoms with Gasteiger partial charge >= 0.3 is 5.97 Å². The lowest BCUT2D eigenvalue weighted by atomic mass is 10.3. The van der Waals surface area contributed by atoms with Crippen molar-refractivity contribution in [2.75, 3.05) is 11.9 Å². The SMILES string of the molecule is CC(=O)NCC(=O)Nc1cccc(C(=O)O)n1. The molecular weight excluding hydrogens is 226 g/mol. The van der Waals surface area contributed by atoms with Crippen LogP contribution in [0.3, 0.4) is 0 Å². The molecule has 0 saturated carbocycles. The molecule has 90 valence electrons.